The molecule has 0 radical (unpaired) electrons. The van der Waals surface area contributed by atoms with Gasteiger partial charge in [0.25, 0.3) is 0 Å². The van der Waals surface area contributed by atoms with Gasteiger partial charge in [0.05, 0.1) is 0 Å². The normalized spacial score (nSPS) is 11.9. The number of hydrogen-bond donors (Lipinski definition) is 0. The quantitative estimate of drug-likeness (QED) is 0.547. The lowest BCUT2D eigenvalue weighted by Crippen LogP contribution is -2.11. The Morgan fingerprint density at radius 1 is 1.06 bits per heavy atom. The summed E-state index contributed by atoms with van der Waals surface area (Å²) >= 11 is 10.8. The second kappa shape index (κ2) is 6.01. The molecule has 1 rings (SSSR count). The zero-order valence-electron chi connectivity index (χ0n) is 9.91. The van der Waals surface area contributed by atoms with Crippen molar-refractivity contribution in [2.75, 3.05) is 5.33 Å². The van der Waals surface area contributed by atoms with Crippen molar-refractivity contribution in [2.45, 2.75) is 39.0 Å². The van der Waals surface area contributed by atoms with E-state index in [1.807, 2.05) is 0 Å². The summed E-state index contributed by atoms with van der Waals surface area (Å²) in [6.45, 7) is 6.71. The Labute approximate surface area is 124 Å². The van der Waals surface area contributed by atoms with Crippen LogP contribution < -0.4 is 0 Å². The van der Waals surface area contributed by atoms with Crippen LogP contribution in [0.5, 0.6) is 0 Å². The van der Waals surface area contributed by atoms with Crippen molar-refractivity contribution < 1.29 is 0 Å². The highest BCUT2D eigenvalue weighted by atomic mass is 79.9. The lowest BCUT2D eigenvalue weighted by molar-refractivity contribution is 0.589. The van der Waals surface area contributed by atoms with Crippen molar-refractivity contribution in [3.63, 3.8) is 0 Å². The second-order valence-corrected chi connectivity index (χ2v) is 7.46. The van der Waals surface area contributed by atoms with Gasteiger partial charge in [-0.25, -0.2) is 0 Å². The first kappa shape index (κ1) is 14.7. The fraction of sp³-hybridized carbons (Fsp3) is 0.538. The Morgan fingerprint density at radius 3 is 1.94 bits per heavy atom. The van der Waals surface area contributed by atoms with Crippen LogP contribution in [0, 0.1) is 0 Å². The molecule has 0 unspecified atom stereocenters. The van der Waals surface area contributed by atoms with Gasteiger partial charge in [-0.15, -0.1) is 0 Å². The molecule has 0 aliphatic heterocycles. The molecule has 1 aromatic rings. The van der Waals surface area contributed by atoms with Gasteiger partial charge in [0.15, 0.2) is 0 Å². The standard InChI is InChI=1S/C13H17Br3/c1-13(2,3)9-7-11(15)10(5-4-6-14)12(16)8-9/h7-8H,4-6H2,1-3H3. The van der Waals surface area contributed by atoms with Crippen molar-refractivity contribution in [1.82, 2.24) is 0 Å². The van der Waals surface area contributed by atoms with Crippen LogP contribution in [0.4, 0.5) is 0 Å². The number of hydrogen-bond acceptors (Lipinski definition) is 0. The van der Waals surface area contributed by atoms with Crippen LogP contribution >= 0.6 is 47.8 Å². The van der Waals surface area contributed by atoms with E-state index in [4.69, 9.17) is 0 Å². The minimum Gasteiger partial charge on any atom is -0.0928 e. The van der Waals surface area contributed by atoms with Crippen molar-refractivity contribution in [3.05, 3.63) is 32.2 Å². The number of halogens is 3. The van der Waals surface area contributed by atoms with E-state index in [9.17, 15) is 0 Å². The lowest BCUT2D eigenvalue weighted by atomic mass is 9.86. The summed E-state index contributed by atoms with van der Waals surface area (Å²) in [5.74, 6) is 0. The first-order valence-electron chi connectivity index (χ1n) is 5.40. The van der Waals surface area contributed by atoms with Crippen molar-refractivity contribution in [3.8, 4) is 0 Å². The Hall–Kier alpha value is 0.660. The largest absolute Gasteiger partial charge is 0.0928 e. The number of alkyl halides is 1. The van der Waals surface area contributed by atoms with E-state index in [0.29, 0.717) is 0 Å². The molecule has 0 N–H and O–H groups in total. The maximum atomic E-state index is 3.68. The van der Waals surface area contributed by atoms with E-state index in [0.717, 1.165) is 18.2 Å². The van der Waals surface area contributed by atoms with Gasteiger partial charge in [0.1, 0.15) is 0 Å². The van der Waals surface area contributed by atoms with Gasteiger partial charge >= 0.3 is 0 Å². The molecule has 0 bridgehead atoms. The van der Waals surface area contributed by atoms with E-state index < -0.39 is 0 Å². The Kier molecular flexibility index (Phi) is 5.53. The maximum Gasteiger partial charge on any atom is 0.0221 e. The molecule has 3 heteroatoms. The molecule has 0 amide bonds. The van der Waals surface area contributed by atoms with Crippen LogP contribution in [-0.4, -0.2) is 5.33 Å². The van der Waals surface area contributed by atoms with E-state index in [1.54, 1.807) is 0 Å². The zero-order chi connectivity index (χ0) is 12.3. The average molecular weight is 413 g/mol. The fourth-order valence-corrected chi connectivity index (χ4v) is 3.38. The van der Waals surface area contributed by atoms with Crippen molar-refractivity contribution in [2.24, 2.45) is 0 Å². The van der Waals surface area contributed by atoms with Gasteiger partial charge < -0.3 is 0 Å². The number of rotatable bonds is 3. The Balaban J connectivity index is 3.08. The minimum absolute atomic E-state index is 0.193. The van der Waals surface area contributed by atoms with Crippen LogP contribution in [0.15, 0.2) is 21.1 Å². The molecule has 0 aromatic heterocycles. The van der Waals surface area contributed by atoms with Gasteiger partial charge in [-0.3, -0.25) is 0 Å². The molecule has 0 heterocycles. The molecule has 0 nitrogen and oxygen atoms in total. The van der Waals surface area contributed by atoms with Crippen LogP contribution in [0.25, 0.3) is 0 Å². The predicted octanol–water partition coefficient (Wildman–Crippen LogP) is 5.84. The van der Waals surface area contributed by atoms with Crippen LogP contribution in [-0.2, 0) is 11.8 Å². The van der Waals surface area contributed by atoms with Crippen molar-refractivity contribution >= 4 is 47.8 Å². The first-order valence-corrected chi connectivity index (χ1v) is 8.11. The lowest BCUT2D eigenvalue weighted by Gasteiger charge is -2.21. The van der Waals surface area contributed by atoms with Crippen molar-refractivity contribution in [1.29, 1.82) is 0 Å². The second-order valence-electron chi connectivity index (χ2n) is 4.96. The third kappa shape index (κ3) is 3.85. The summed E-state index contributed by atoms with van der Waals surface area (Å²) < 4.78 is 2.43. The fourth-order valence-electron chi connectivity index (χ4n) is 1.52. The highest BCUT2D eigenvalue weighted by Crippen LogP contribution is 2.33. The van der Waals surface area contributed by atoms with Gasteiger partial charge in [0.2, 0.25) is 0 Å². The molecule has 16 heavy (non-hydrogen) atoms. The van der Waals surface area contributed by atoms with Crippen LogP contribution in [0.3, 0.4) is 0 Å². The Bertz CT molecular complexity index is 341. The van der Waals surface area contributed by atoms with E-state index in [2.05, 4.69) is 80.7 Å². The van der Waals surface area contributed by atoms with E-state index in [1.165, 1.54) is 20.1 Å². The van der Waals surface area contributed by atoms with E-state index >= 15 is 0 Å². The summed E-state index contributed by atoms with van der Waals surface area (Å²) in [5.41, 5.74) is 2.92. The van der Waals surface area contributed by atoms with Gasteiger partial charge in [-0.2, -0.15) is 0 Å². The molecule has 0 spiro atoms. The SMILES string of the molecule is CC(C)(C)c1cc(Br)c(CCCBr)c(Br)c1. The third-order valence-corrected chi connectivity index (χ3v) is 4.54. The summed E-state index contributed by atoms with van der Waals surface area (Å²) in [6, 6.07) is 4.49. The van der Waals surface area contributed by atoms with Gasteiger partial charge in [-0.05, 0) is 41.5 Å². The molecule has 0 aliphatic rings. The van der Waals surface area contributed by atoms with Crippen LogP contribution in [0.2, 0.25) is 0 Å². The van der Waals surface area contributed by atoms with Gasteiger partial charge in [0, 0.05) is 14.3 Å². The Morgan fingerprint density at radius 2 is 1.56 bits per heavy atom. The van der Waals surface area contributed by atoms with Gasteiger partial charge in [-0.1, -0.05) is 68.6 Å². The molecule has 1 aromatic carbocycles. The summed E-state index contributed by atoms with van der Waals surface area (Å²) in [5, 5.41) is 1.05. The molecular formula is C13H17Br3. The smallest absolute Gasteiger partial charge is 0.0221 e. The summed E-state index contributed by atoms with van der Waals surface area (Å²) in [4.78, 5) is 0. The third-order valence-electron chi connectivity index (χ3n) is 2.57. The molecular weight excluding hydrogens is 396 g/mol. The van der Waals surface area contributed by atoms with E-state index in [-0.39, 0.29) is 5.41 Å². The number of benzene rings is 1. The molecule has 0 saturated carbocycles. The summed E-state index contributed by atoms with van der Waals surface area (Å²) in [6.07, 6.45) is 2.25. The minimum atomic E-state index is 0.193. The molecule has 0 atom stereocenters. The average Bonchev–Trinajstić information content (AvgIpc) is 2.15. The zero-order valence-corrected chi connectivity index (χ0v) is 14.7. The van der Waals surface area contributed by atoms with Crippen LogP contribution in [0.1, 0.15) is 38.3 Å². The molecule has 0 aliphatic carbocycles. The molecule has 90 valence electrons. The summed E-state index contributed by atoms with van der Waals surface area (Å²) in [7, 11) is 0. The molecule has 0 fully saturated rings. The first-order chi connectivity index (χ1) is 7.36. The molecule has 0 saturated heterocycles. The maximum absolute atomic E-state index is 3.68. The highest BCUT2D eigenvalue weighted by molar-refractivity contribution is 9.11. The topological polar surface area (TPSA) is 0 Å². The monoisotopic (exact) mass is 410 g/mol. The highest BCUT2D eigenvalue weighted by Gasteiger charge is 2.17. The predicted molar refractivity (Wildman–Crippen MR) is 82.7 cm³/mol.